The molecule has 2 N–H and O–H groups in total. The molecule has 0 spiro atoms. The van der Waals surface area contributed by atoms with Crippen LogP contribution >= 0.6 is 27.5 Å². The number of fused-ring (bicyclic) bond motifs is 1. The van der Waals surface area contributed by atoms with Gasteiger partial charge in [0.15, 0.2) is 0 Å². The van der Waals surface area contributed by atoms with E-state index in [1.165, 1.54) is 5.56 Å². The summed E-state index contributed by atoms with van der Waals surface area (Å²) in [7, 11) is 0. The second kappa shape index (κ2) is 5.16. The van der Waals surface area contributed by atoms with E-state index in [0.717, 1.165) is 27.8 Å². The van der Waals surface area contributed by atoms with Crippen molar-refractivity contribution in [2.75, 3.05) is 6.61 Å². The fraction of sp³-hybridized carbons (Fsp3) is 0.200. The second-order valence-corrected chi connectivity index (χ2v) is 5.90. The van der Waals surface area contributed by atoms with Gasteiger partial charge in [-0.2, -0.15) is 0 Å². The molecule has 0 aliphatic carbocycles. The van der Waals surface area contributed by atoms with Crippen molar-refractivity contribution in [2.24, 2.45) is 5.73 Å². The first-order valence-electron chi connectivity index (χ1n) is 6.12. The lowest BCUT2D eigenvalue weighted by Crippen LogP contribution is -2.13. The molecule has 3 rings (SSSR count). The van der Waals surface area contributed by atoms with E-state index in [9.17, 15) is 0 Å². The van der Waals surface area contributed by atoms with E-state index >= 15 is 0 Å². The maximum atomic E-state index is 6.37. The Morgan fingerprint density at radius 1 is 1.21 bits per heavy atom. The normalized spacial score (nSPS) is 14.9. The molecule has 19 heavy (non-hydrogen) atoms. The van der Waals surface area contributed by atoms with Crippen LogP contribution in [0, 0.1) is 0 Å². The van der Waals surface area contributed by atoms with Gasteiger partial charge in [-0.3, -0.25) is 0 Å². The van der Waals surface area contributed by atoms with Gasteiger partial charge in [0.2, 0.25) is 0 Å². The zero-order valence-electron chi connectivity index (χ0n) is 10.2. The van der Waals surface area contributed by atoms with Crippen LogP contribution in [0.4, 0.5) is 0 Å². The largest absolute Gasteiger partial charge is 0.493 e. The average Bonchev–Trinajstić information content (AvgIpc) is 2.85. The molecule has 0 bridgehead atoms. The predicted molar refractivity (Wildman–Crippen MR) is 80.8 cm³/mol. The third-order valence-electron chi connectivity index (χ3n) is 3.35. The molecule has 0 radical (unpaired) electrons. The lowest BCUT2D eigenvalue weighted by molar-refractivity contribution is 0.352. The van der Waals surface area contributed by atoms with Gasteiger partial charge < -0.3 is 10.5 Å². The van der Waals surface area contributed by atoms with E-state index in [0.29, 0.717) is 11.6 Å². The second-order valence-electron chi connectivity index (χ2n) is 4.58. The molecule has 1 unspecified atom stereocenters. The Kier molecular flexibility index (Phi) is 3.52. The van der Waals surface area contributed by atoms with Crippen molar-refractivity contribution < 1.29 is 4.74 Å². The topological polar surface area (TPSA) is 35.2 Å². The summed E-state index contributed by atoms with van der Waals surface area (Å²) in [6.07, 6.45) is 0.928. The van der Waals surface area contributed by atoms with Crippen molar-refractivity contribution in [3.63, 3.8) is 0 Å². The highest BCUT2D eigenvalue weighted by Crippen LogP contribution is 2.39. The first-order valence-corrected chi connectivity index (χ1v) is 7.29. The molecule has 1 atom stereocenters. The fourth-order valence-corrected chi connectivity index (χ4v) is 3.20. The van der Waals surface area contributed by atoms with E-state index in [1.807, 2.05) is 30.3 Å². The number of hydrogen-bond acceptors (Lipinski definition) is 2. The van der Waals surface area contributed by atoms with E-state index in [1.54, 1.807) is 0 Å². The van der Waals surface area contributed by atoms with Crippen LogP contribution in [0.3, 0.4) is 0 Å². The molecule has 0 saturated carbocycles. The molecule has 0 saturated heterocycles. The number of nitrogens with two attached hydrogens (primary N) is 1. The lowest BCUT2D eigenvalue weighted by atomic mass is 9.96. The Balaban J connectivity index is 2.10. The molecular weight excluding hydrogens is 326 g/mol. The van der Waals surface area contributed by atoms with Gasteiger partial charge >= 0.3 is 0 Å². The van der Waals surface area contributed by atoms with Crippen LogP contribution in [0.15, 0.2) is 40.9 Å². The maximum Gasteiger partial charge on any atom is 0.127 e. The SMILES string of the molecule is NC(c1ccccc1Cl)c1cc(Br)cc2c1OCC2. The number of ether oxygens (including phenoxy) is 1. The van der Waals surface area contributed by atoms with Gasteiger partial charge in [0.25, 0.3) is 0 Å². The van der Waals surface area contributed by atoms with Crippen molar-refractivity contribution in [3.8, 4) is 5.75 Å². The van der Waals surface area contributed by atoms with E-state index in [2.05, 4.69) is 22.0 Å². The maximum absolute atomic E-state index is 6.37. The molecular formula is C15H13BrClNO. The summed E-state index contributed by atoms with van der Waals surface area (Å²) in [6, 6.07) is 11.5. The van der Waals surface area contributed by atoms with Crippen LogP contribution in [-0.2, 0) is 6.42 Å². The summed E-state index contributed by atoms with van der Waals surface area (Å²) >= 11 is 9.76. The number of halogens is 2. The number of hydrogen-bond donors (Lipinski definition) is 1. The van der Waals surface area contributed by atoms with E-state index < -0.39 is 0 Å². The summed E-state index contributed by atoms with van der Waals surface area (Å²) in [5.74, 6) is 0.913. The summed E-state index contributed by atoms with van der Waals surface area (Å²) in [5.41, 5.74) is 9.47. The number of benzene rings is 2. The molecule has 2 nitrogen and oxygen atoms in total. The fourth-order valence-electron chi connectivity index (χ4n) is 2.42. The minimum Gasteiger partial charge on any atom is -0.493 e. The molecule has 1 aliphatic heterocycles. The van der Waals surface area contributed by atoms with E-state index in [-0.39, 0.29) is 6.04 Å². The molecule has 1 aliphatic rings. The van der Waals surface area contributed by atoms with Gasteiger partial charge in [0.1, 0.15) is 5.75 Å². The van der Waals surface area contributed by atoms with Gasteiger partial charge in [-0.15, -0.1) is 0 Å². The minimum absolute atomic E-state index is 0.280. The highest BCUT2D eigenvalue weighted by molar-refractivity contribution is 9.10. The zero-order valence-corrected chi connectivity index (χ0v) is 12.5. The van der Waals surface area contributed by atoms with Crippen molar-refractivity contribution in [1.82, 2.24) is 0 Å². The zero-order chi connectivity index (χ0) is 13.4. The molecule has 2 aromatic rings. The first kappa shape index (κ1) is 13.0. The third-order valence-corrected chi connectivity index (χ3v) is 4.15. The van der Waals surface area contributed by atoms with Gasteiger partial charge in [-0.25, -0.2) is 0 Å². The summed E-state index contributed by atoms with van der Waals surface area (Å²) < 4.78 is 6.75. The van der Waals surface area contributed by atoms with Gasteiger partial charge in [-0.1, -0.05) is 45.7 Å². The molecule has 0 amide bonds. The quantitative estimate of drug-likeness (QED) is 0.895. The molecule has 0 fully saturated rings. The molecule has 0 aromatic heterocycles. The average molecular weight is 339 g/mol. The Bertz CT molecular complexity index is 630. The standard InChI is InChI=1S/C15H13BrClNO/c16-10-7-9-5-6-19-15(9)12(8-10)14(18)11-3-1-2-4-13(11)17/h1-4,7-8,14H,5-6,18H2. The Morgan fingerprint density at radius 2 is 2.00 bits per heavy atom. The molecule has 4 heteroatoms. The van der Waals surface area contributed by atoms with Crippen LogP contribution < -0.4 is 10.5 Å². The van der Waals surface area contributed by atoms with Gasteiger partial charge in [-0.05, 0) is 29.3 Å². The van der Waals surface area contributed by atoms with Crippen molar-refractivity contribution in [3.05, 3.63) is 62.6 Å². The summed E-state index contributed by atoms with van der Waals surface area (Å²) in [4.78, 5) is 0. The first-order chi connectivity index (χ1) is 9.16. The minimum atomic E-state index is -0.280. The number of rotatable bonds is 2. The van der Waals surface area contributed by atoms with Crippen molar-refractivity contribution >= 4 is 27.5 Å². The van der Waals surface area contributed by atoms with Crippen LogP contribution in [0.25, 0.3) is 0 Å². The van der Waals surface area contributed by atoms with Crippen LogP contribution in [0.5, 0.6) is 5.75 Å². The van der Waals surface area contributed by atoms with Crippen LogP contribution in [-0.4, -0.2) is 6.61 Å². The monoisotopic (exact) mass is 337 g/mol. The molecule has 1 heterocycles. The predicted octanol–water partition coefficient (Wildman–Crippen LogP) is 4.09. The highest BCUT2D eigenvalue weighted by Gasteiger charge is 2.23. The lowest BCUT2D eigenvalue weighted by Gasteiger charge is -2.17. The third kappa shape index (κ3) is 2.38. The molecule has 2 aromatic carbocycles. The van der Waals surface area contributed by atoms with Crippen molar-refractivity contribution in [1.29, 1.82) is 0 Å². The highest BCUT2D eigenvalue weighted by atomic mass is 79.9. The Labute approximate surface area is 125 Å². The smallest absolute Gasteiger partial charge is 0.127 e. The van der Waals surface area contributed by atoms with Crippen LogP contribution in [0.2, 0.25) is 5.02 Å². The van der Waals surface area contributed by atoms with Gasteiger partial charge in [0, 0.05) is 21.5 Å². The summed E-state index contributed by atoms with van der Waals surface area (Å²) in [6.45, 7) is 0.716. The van der Waals surface area contributed by atoms with E-state index in [4.69, 9.17) is 22.1 Å². The Morgan fingerprint density at radius 3 is 2.79 bits per heavy atom. The molecule has 98 valence electrons. The summed E-state index contributed by atoms with van der Waals surface area (Å²) in [5, 5.41) is 0.682. The van der Waals surface area contributed by atoms with Gasteiger partial charge in [0.05, 0.1) is 12.6 Å². The van der Waals surface area contributed by atoms with Crippen LogP contribution in [0.1, 0.15) is 22.7 Å². The van der Waals surface area contributed by atoms with Crippen molar-refractivity contribution in [2.45, 2.75) is 12.5 Å². The Hall–Kier alpha value is -1.03.